The van der Waals surface area contributed by atoms with Gasteiger partial charge in [-0.3, -0.25) is 9.59 Å². The molecule has 3 aromatic rings. The lowest BCUT2D eigenvalue weighted by Gasteiger charge is -2.15. The maximum atomic E-state index is 10.9. The average molecular weight is 483 g/mol. The first-order valence-electron chi connectivity index (χ1n) is 12.6. The van der Waals surface area contributed by atoms with Gasteiger partial charge in [0.1, 0.15) is 24.1 Å². The predicted octanol–water partition coefficient (Wildman–Crippen LogP) is 8.01. The van der Waals surface area contributed by atoms with Crippen molar-refractivity contribution in [3.05, 3.63) is 94.0 Å². The number of hydrogen-bond donors (Lipinski definition) is 0. The maximum Gasteiger partial charge on any atom is 0.150 e. The van der Waals surface area contributed by atoms with Crippen LogP contribution in [-0.2, 0) is 0 Å². The fourth-order valence-corrected chi connectivity index (χ4v) is 3.50. The van der Waals surface area contributed by atoms with Crippen molar-refractivity contribution in [2.24, 2.45) is 0 Å². The van der Waals surface area contributed by atoms with Crippen molar-refractivity contribution in [3.63, 3.8) is 0 Å². The van der Waals surface area contributed by atoms with E-state index in [2.05, 4.69) is 13.8 Å². The smallest absolute Gasteiger partial charge is 0.150 e. The van der Waals surface area contributed by atoms with Gasteiger partial charge in [-0.1, -0.05) is 99.5 Å². The summed E-state index contributed by atoms with van der Waals surface area (Å²) in [5.74, 6) is 1.59. The number of benzene rings is 3. The molecule has 0 saturated carbocycles. The zero-order chi connectivity index (χ0) is 25.6. The minimum atomic E-state index is 0.637. The van der Waals surface area contributed by atoms with Crippen LogP contribution in [0.25, 0.3) is 24.3 Å². The van der Waals surface area contributed by atoms with Crippen LogP contribution in [0.4, 0.5) is 0 Å². The van der Waals surface area contributed by atoms with Gasteiger partial charge in [0.05, 0.1) is 13.2 Å². The molecule has 0 N–H and O–H groups in total. The molecule has 3 aromatic carbocycles. The van der Waals surface area contributed by atoms with Gasteiger partial charge in [-0.25, -0.2) is 0 Å². The number of carbonyl (C=O) groups is 2. The van der Waals surface area contributed by atoms with E-state index >= 15 is 0 Å². The summed E-state index contributed by atoms with van der Waals surface area (Å²) in [6.45, 7) is 5.55. The molecule has 0 atom stereocenters. The Morgan fingerprint density at radius 1 is 0.556 bits per heavy atom. The van der Waals surface area contributed by atoms with Crippen molar-refractivity contribution in [1.82, 2.24) is 0 Å². The standard InChI is InChI=1S/C32H34O4/c1-3-5-19-35-31-21-30(18-16-26-9-13-28(24-34)14-10-26)32(36-20-6-4-2)22-29(31)17-15-25-7-11-27(23-33)12-8-25/h7-18,21-24H,3-6,19-20H2,1-2H3/b17-15+,18-16+. The Morgan fingerprint density at radius 3 is 1.25 bits per heavy atom. The Balaban J connectivity index is 1.96. The molecular formula is C32H34O4. The maximum absolute atomic E-state index is 10.9. The molecule has 0 bridgehead atoms. The molecule has 0 aliphatic heterocycles. The van der Waals surface area contributed by atoms with Crippen molar-refractivity contribution in [2.75, 3.05) is 13.2 Å². The quantitative estimate of drug-likeness (QED) is 0.133. The molecule has 0 heterocycles. The molecule has 4 heteroatoms. The summed E-state index contributed by atoms with van der Waals surface area (Å²) in [6, 6.07) is 19.0. The van der Waals surface area contributed by atoms with E-state index in [1.165, 1.54) is 0 Å². The van der Waals surface area contributed by atoms with Gasteiger partial charge in [-0.15, -0.1) is 0 Å². The van der Waals surface area contributed by atoms with Crippen molar-refractivity contribution in [2.45, 2.75) is 39.5 Å². The van der Waals surface area contributed by atoms with Crippen molar-refractivity contribution >= 4 is 36.9 Å². The van der Waals surface area contributed by atoms with Crippen LogP contribution < -0.4 is 9.47 Å². The number of hydrogen-bond acceptors (Lipinski definition) is 4. The van der Waals surface area contributed by atoms with E-state index in [1.807, 2.05) is 60.7 Å². The number of carbonyl (C=O) groups excluding carboxylic acids is 2. The second kappa shape index (κ2) is 14.5. The van der Waals surface area contributed by atoms with Crippen LogP contribution in [0.2, 0.25) is 0 Å². The van der Waals surface area contributed by atoms with Gasteiger partial charge in [0.25, 0.3) is 0 Å². The summed E-state index contributed by atoms with van der Waals surface area (Å²) in [5, 5.41) is 0. The molecule has 3 rings (SSSR count). The van der Waals surface area contributed by atoms with Gasteiger partial charge in [0.15, 0.2) is 0 Å². The molecule has 0 aromatic heterocycles. The zero-order valence-electron chi connectivity index (χ0n) is 21.1. The minimum absolute atomic E-state index is 0.637. The first-order chi connectivity index (χ1) is 17.7. The topological polar surface area (TPSA) is 52.6 Å². The van der Waals surface area contributed by atoms with Crippen LogP contribution in [0.5, 0.6) is 11.5 Å². The lowest BCUT2D eigenvalue weighted by molar-refractivity contribution is 0.111. The molecule has 0 spiro atoms. The van der Waals surface area contributed by atoms with Gasteiger partial charge < -0.3 is 9.47 Å². The van der Waals surface area contributed by atoms with Gasteiger partial charge >= 0.3 is 0 Å². The Labute approximate surface area is 214 Å². The summed E-state index contributed by atoms with van der Waals surface area (Å²) in [7, 11) is 0. The highest BCUT2D eigenvalue weighted by molar-refractivity contribution is 5.81. The van der Waals surface area contributed by atoms with Crippen LogP contribution in [0.1, 0.15) is 82.5 Å². The summed E-state index contributed by atoms with van der Waals surface area (Å²) in [5.41, 5.74) is 5.17. The lowest BCUT2D eigenvalue weighted by atomic mass is 10.0. The van der Waals surface area contributed by atoms with Crippen molar-refractivity contribution in [3.8, 4) is 11.5 Å². The fraction of sp³-hybridized carbons (Fsp3) is 0.250. The third-order valence-corrected chi connectivity index (χ3v) is 5.71. The number of unbranched alkanes of at least 4 members (excludes halogenated alkanes) is 2. The van der Waals surface area contributed by atoms with Crippen LogP contribution >= 0.6 is 0 Å². The predicted molar refractivity (Wildman–Crippen MR) is 149 cm³/mol. The average Bonchev–Trinajstić information content (AvgIpc) is 2.92. The van der Waals surface area contributed by atoms with E-state index in [-0.39, 0.29) is 0 Å². The third kappa shape index (κ3) is 8.09. The van der Waals surface area contributed by atoms with E-state index < -0.39 is 0 Å². The van der Waals surface area contributed by atoms with Gasteiger partial charge in [-0.2, -0.15) is 0 Å². The van der Waals surface area contributed by atoms with E-state index in [0.717, 1.165) is 72.0 Å². The second-order valence-electron chi connectivity index (χ2n) is 8.57. The van der Waals surface area contributed by atoms with Crippen molar-refractivity contribution in [1.29, 1.82) is 0 Å². The lowest BCUT2D eigenvalue weighted by Crippen LogP contribution is -2.02. The van der Waals surface area contributed by atoms with Crippen LogP contribution in [-0.4, -0.2) is 25.8 Å². The highest BCUT2D eigenvalue weighted by Crippen LogP contribution is 2.32. The van der Waals surface area contributed by atoms with Crippen LogP contribution in [0.15, 0.2) is 60.7 Å². The molecular weight excluding hydrogens is 448 g/mol. The summed E-state index contributed by atoms with van der Waals surface area (Å²) in [6.07, 6.45) is 13.8. The Morgan fingerprint density at radius 2 is 0.917 bits per heavy atom. The number of aldehydes is 2. The van der Waals surface area contributed by atoms with E-state index in [9.17, 15) is 9.59 Å². The second-order valence-corrected chi connectivity index (χ2v) is 8.57. The molecule has 36 heavy (non-hydrogen) atoms. The Kier molecular flexibility index (Phi) is 10.7. The van der Waals surface area contributed by atoms with Crippen LogP contribution in [0, 0.1) is 0 Å². The monoisotopic (exact) mass is 482 g/mol. The summed E-state index contributed by atoms with van der Waals surface area (Å²) >= 11 is 0. The van der Waals surface area contributed by atoms with Gasteiger partial charge in [0, 0.05) is 22.3 Å². The molecule has 0 aliphatic carbocycles. The normalized spacial score (nSPS) is 11.2. The Bertz CT molecular complexity index is 1080. The molecule has 4 nitrogen and oxygen atoms in total. The SMILES string of the molecule is CCCCOc1cc(/C=C/c2ccc(C=O)cc2)c(OCCCC)cc1/C=C/c1ccc(C=O)cc1. The minimum Gasteiger partial charge on any atom is -0.493 e. The molecule has 186 valence electrons. The molecule has 0 amide bonds. The van der Waals surface area contributed by atoms with Crippen LogP contribution in [0.3, 0.4) is 0 Å². The molecule has 0 aliphatic rings. The highest BCUT2D eigenvalue weighted by atomic mass is 16.5. The first-order valence-corrected chi connectivity index (χ1v) is 12.6. The van der Waals surface area contributed by atoms with E-state index in [0.29, 0.717) is 24.3 Å². The molecule has 0 saturated heterocycles. The summed E-state index contributed by atoms with van der Waals surface area (Å²) in [4.78, 5) is 21.9. The molecule has 0 fully saturated rings. The first kappa shape index (κ1) is 26.7. The molecule has 0 unspecified atom stereocenters. The van der Waals surface area contributed by atoms with E-state index in [4.69, 9.17) is 9.47 Å². The highest BCUT2D eigenvalue weighted by Gasteiger charge is 2.10. The van der Waals surface area contributed by atoms with Gasteiger partial charge in [0.2, 0.25) is 0 Å². The fourth-order valence-electron chi connectivity index (χ4n) is 3.50. The number of ether oxygens (including phenoxy) is 2. The van der Waals surface area contributed by atoms with Crippen molar-refractivity contribution < 1.29 is 19.1 Å². The zero-order valence-corrected chi connectivity index (χ0v) is 21.1. The third-order valence-electron chi connectivity index (χ3n) is 5.71. The summed E-state index contributed by atoms with van der Waals surface area (Å²) < 4.78 is 12.4. The number of rotatable bonds is 14. The molecule has 0 radical (unpaired) electrons. The largest absolute Gasteiger partial charge is 0.493 e. The Hall–Kier alpha value is -3.92. The van der Waals surface area contributed by atoms with Gasteiger partial charge in [-0.05, 0) is 36.1 Å². The van der Waals surface area contributed by atoms with E-state index in [1.54, 1.807) is 24.3 Å².